The molecule has 0 aromatic heterocycles. The molecule has 2 aromatic carbocycles. The van der Waals surface area contributed by atoms with Crippen molar-refractivity contribution in [3.8, 4) is 12.1 Å². The summed E-state index contributed by atoms with van der Waals surface area (Å²) in [5, 5.41) is 16.0. The molecular formula is C19H23AsB2F8N2PdS. The summed E-state index contributed by atoms with van der Waals surface area (Å²) >= 11 is 0.891. The molecule has 0 bridgehead atoms. The Kier molecular flexibility index (Phi) is 28.9. The van der Waals surface area contributed by atoms with Crippen molar-refractivity contribution in [1.29, 1.82) is 10.5 Å². The maximum absolute atomic E-state index is 9.75. The van der Waals surface area contributed by atoms with Gasteiger partial charge in [-0.25, -0.2) is 0 Å². The smallest absolute Gasteiger partial charge is 0.418 e. The quantitative estimate of drug-likeness (QED) is 0.278. The number of halogens is 8. The summed E-state index contributed by atoms with van der Waals surface area (Å²) in [6, 6.07) is 25.6. The van der Waals surface area contributed by atoms with Gasteiger partial charge in [-0.3, -0.25) is 0 Å². The number of nitriles is 2. The Morgan fingerprint density at radius 2 is 0.941 bits per heavy atom. The Bertz CT molecular complexity index is 714. The molecule has 2 rings (SSSR count). The molecule has 0 amide bonds. The fourth-order valence-electron chi connectivity index (χ4n) is 1.81. The van der Waals surface area contributed by atoms with Gasteiger partial charge in [0.1, 0.15) is 0 Å². The summed E-state index contributed by atoms with van der Waals surface area (Å²) in [6.07, 6.45) is 2.20. The summed E-state index contributed by atoms with van der Waals surface area (Å²) in [7, 11) is -12.0. The number of hydrogen-bond acceptors (Lipinski definition) is 3. The van der Waals surface area contributed by atoms with Gasteiger partial charge in [0.25, 0.3) is 0 Å². The van der Waals surface area contributed by atoms with Crippen LogP contribution in [0.2, 0.25) is 5.21 Å². The summed E-state index contributed by atoms with van der Waals surface area (Å²) in [6.45, 7) is 2.86. The molecule has 192 valence electrons. The second-order valence-electron chi connectivity index (χ2n) is 5.25. The molecule has 0 fully saturated rings. The van der Waals surface area contributed by atoms with E-state index in [1.54, 1.807) is 20.8 Å². The Morgan fingerprint density at radius 1 is 0.706 bits per heavy atom. The molecule has 2 aromatic rings. The molecule has 0 atom stereocenters. The standard InChI is InChI=1S/C15H17AsS.2C2H3N.2BF4.Pd/c1-17-13-12-16(14-8-4-2-5-9-14)15-10-6-3-7-11-15;2*1-2-3;2*2-1(3,4)5;/h2-11H,12-13H2,1H3;2*1H3;;;/q;;;2*-1;+2. The average Bonchev–Trinajstić information content (AvgIpc) is 2.69. The van der Waals surface area contributed by atoms with Gasteiger partial charge >= 0.3 is 148 Å². The van der Waals surface area contributed by atoms with Gasteiger partial charge in [0, 0.05) is 13.8 Å². The van der Waals surface area contributed by atoms with Crippen LogP contribution in [0.3, 0.4) is 0 Å². The summed E-state index contributed by atoms with van der Waals surface area (Å²) < 4.78 is 81.1. The van der Waals surface area contributed by atoms with Crippen molar-refractivity contribution in [3.63, 3.8) is 0 Å². The van der Waals surface area contributed by atoms with Crippen LogP contribution in [0.25, 0.3) is 0 Å². The first-order valence-electron chi connectivity index (χ1n) is 8.97. The monoisotopic (exact) mass is 666 g/mol. The summed E-state index contributed by atoms with van der Waals surface area (Å²) in [5.74, 6) is 1.27. The van der Waals surface area contributed by atoms with Gasteiger partial charge in [-0.2, -0.15) is 10.5 Å². The average molecular weight is 666 g/mol. The fraction of sp³-hybridized carbons (Fsp3) is 0.263. The third-order valence-corrected chi connectivity index (χ3v) is 9.20. The zero-order valence-corrected chi connectivity index (χ0v) is 22.7. The zero-order chi connectivity index (χ0) is 26.3. The van der Waals surface area contributed by atoms with E-state index in [9.17, 15) is 34.5 Å². The molecule has 0 aliphatic carbocycles. The molecule has 0 saturated carbocycles. The van der Waals surface area contributed by atoms with E-state index < -0.39 is 29.2 Å². The van der Waals surface area contributed by atoms with Gasteiger partial charge in [-0.1, -0.05) is 0 Å². The minimum Gasteiger partial charge on any atom is -0.418 e. The summed E-state index contributed by atoms with van der Waals surface area (Å²) in [5.41, 5.74) is 0. The minimum atomic E-state index is -6.00. The Hall–Kier alpha value is -1.44. The zero-order valence-electron chi connectivity index (χ0n) is 18.4. The number of hydrogen-bond donors (Lipinski definition) is 0. The molecule has 0 aliphatic rings. The van der Waals surface area contributed by atoms with Crippen molar-refractivity contribution >= 4 is 49.6 Å². The van der Waals surface area contributed by atoms with Crippen molar-refractivity contribution in [3.05, 3.63) is 60.7 Å². The van der Waals surface area contributed by atoms with E-state index in [0.717, 1.165) is 0 Å². The Labute approximate surface area is 218 Å². The first-order valence-corrected chi connectivity index (χ1v) is 13.6. The minimum absolute atomic E-state index is 0. The molecule has 0 saturated heterocycles. The van der Waals surface area contributed by atoms with Crippen LogP contribution in [0.1, 0.15) is 13.8 Å². The van der Waals surface area contributed by atoms with Crippen LogP contribution in [-0.4, -0.2) is 41.2 Å². The van der Waals surface area contributed by atoms with Crippen LogP contribution in [0.4, 0.5) is 34.5 Å². The normalized spacial score (nSPS) is 9.35. The Morgan fingerprint density at radius 3 is 1.15 bits per heavy atom. The largest absolute Gasteiger partial charge is 2.00 e. The van der Waals surface area contributed by atoms with Crippen LogP contribution in [-0.2, 0) is 20.4 Å². The SMILES string of the molecule is CC#N.CC#N.CSCC[As](c1ccccc1)c1ccccc1.F[B-](F)(F)F.F[B-](F)(F)F.[Pd+2]. The number of nitrogens with zero attached hydrogens (tertiary/aromatic N) is 2. The molecule has 0 N–H and O–H groups in total. The molecule has 34 heavy (non-hydrogen) atoms. The fourth-order valence-corrected chi connectivity index (χ4v) is 8.41. The van der Waals surface area contributed by atoms with Gasteiger partial charge in [-0.05, 0) is 0 Å². The molecule has 2 nitrogen and oxygen atoms in total. The van der Waals surface area contributed by atoms with Crippen molar-refractivity contribution in [2.24, 2.45) is 0 Å². The number of rotatable bonds is 5. The number of thioether (sulfide) groups is 1. The van der Waals surface area contributed by atoms with E-state index in [1.807, 2.05) is 11.8 Å². The molecule has 0 aliphatic heterocycles. The van der Waals surface area contributed by atoms with Gasteiger partial charge in [0.05, 0.1) is 12.1 Å². The van der Waals surface area contributed by atoms with Crippen LogP contribution < -0.4 is 8.70 Å². The molecule has 15 heteroatoms. The first kappa shape index (κ1) is 39.8. The molecule has 0 heterocycles. The van der Waals surface area contributed by atoms with Gasteiger partial charge < -0.3 is 34.5 Å². The molecule has 0 unspecified atom stereocenters. The molecule has 0 radical (unpaired) electrons. The van der Waals surface area contributed by atoms with Gasteiger partial charge in [0.15, 0.2) is 0 Å². The van der Waals surface area contributed by atoms with Crippen LogP contribution in [0, 0.1) is 22.7 Å². The van der Waals surface area contributed by atoms with Crippen LogP contribution in [0.5, 0.6) is 0 Å². The number of benzene rings is 2. The van der Waals surface area contributed by atoms with E-state index in [1.165, 1.54) is 24.8 Å². The summed E-state index contributed by atoms with van der Waals surface area (Å²) in [4.78, 5) is 0. The second-order valence-corrected chi connectivity index (χ2v) is 11.1. The van der Waals surface area contributed by atoms with E-state index in [4.69, 9.17) is 10.5 Å². The second kappa shape index (κ2) is 24.7. The molecule has 0 spiro atoms. The van der Waals surface area contributed by atoms with Gasteiger partial charge in [-0.15, -0.1) is 0 Å². The predicted molar refractivity (Wildman–Crippen MR) is 124 cm³/mol. The van der Waals surface area contributed by atoms with E-state index >= 15 is 0 Å². The van der Waals surface area contributed by atoms with Crippen LogP contribution >= 0.6 is 11.8 Å². The molecular weight excluding hydrogens is 643 g/mol. The van der Waals surface area contributed by atoms with E-state index in [0.29, 0.717) is 0 Å². The van der Waals surface area contributed by atoms with Gasteiger partial charge in [0.2, 0.25) is 0 Å². The van der Waals surface area contributed by atoms with Crippen molar-refractivity contribution in [2.45, 2.75) is 19.1 Å². The van der Waals surface area contributed by atoms with Crippen molar-refractivity contribution in [2.75, 3.05) is 12.0 Å². The third kappa shape index (κ3) is 37.9. The maximum atomic E-state index is 9.75. The third-order valence-electron chi connectivity index (χ3n) is 2.65. The van der Waals surface area contributed by atoms with E-state index in [-0.39, 0.29) is 20.4 Å². The van der Waals surface area contributed by atoms with E-state index in [2.05, 4.69) is 66.9 Å². The van der Waals surface area contributed by atoms with Crippen molar-refractivity contribution in [1.82, 2.24) is 0 Å². The van der Waals surface area contributed by atoms with Crippen LogP contribution in [0.15, 0.2) is 60.7 Å². The maximum Gasteiger partial charge on any atom is 2.00 e. The topological polar surface area (TPSA) is 47.6 Å². The van der Waals surface area contributed by atoms with Crippen molar-refractivity contribution < 1.29 is 54.9 Å². The Balaban J connectivity index is -0.000000220. The first-order chi connectivity index (χ1) is 15.2. The predicted octanol–water partition coefficient (Wildman–Crippen LogP) is 6.32.